The maximum atomic E-state index is 11.5. The monoisotopic (exact) mass is 275 g/mol. The fourth-order valence-electron chi connectivity index (χ4n) is 1.43. The molecule has 0 heterocycles. The van der Waals surface area contributed by atoms with Gasteiger partial charge in [0.25, 0.3) is 5.69 Å². The first-order valence-electron chi connectivity index (χ1n) is 5.85. The van der Waals surface area contributed by atoms with Crippen LogP contribution in [-0.2, 0) is 4.79 Å². The van der Waals surface area contributed by atoms with Gasteiger partial charge in [-0.25, -0.2) is 0 Å². The summed E-state index contributed by atoms with van der Waals surface area (Å²) in [6, 6.07) is 6.15. The van der Waals surface area contributed by atoms with Gasteiger partial charge in [0.1, 0.15) is 0 Å². The van der Waals surface area contributed by atoms with Crippen molar-refractivity contribution in [1.82, 2.24) is 5.32 Å². The zero-order valence-electron chi connectivity index (χ0n) is 10.6. The van der Waals surface area contributed by atoms with Crippen LogP contribution in [-0.4, -0.2) is 23.9 Å². The number of nitrogens with one attached hydrogen (secondary N) is 1. The lowest BCUT2D eigenvalue weighted by Gasteiger charge is -1.99. The predicted octanol–water partition coefficient (Wildman–Crippen LogP) is 2.42. The van der Waals surface area contributed by atoms with E-state index in [0.717, 1.165) is 0 Å². The van der Waals surface area contributed by atoms with Gasteiger partial charge in [0.05, 0.1) is 10.5 Å². The van der Waals surface area contributed by atoms with Crippen LogP contribution in [0.2, 0.25) is 0 Å². The molecule has 1 amide bonds. The Labute approximate surface area is 114 Å². The zero-order chi connectivity index (χ0) is 14.8. The number of para-hydroxylation sites is 1. The Bertz CT molecular complexity index is 564. The maximum absolute atomic E-state index is 11.5. The Hall–Kier alpha value is -2.86. The summed E-state index contributed by atoms with van der Waals surface area (Å²) in [7, 11) is 0. The fraction of sp³-hybridized carbons (Fsp3) is 0.250. The third kappa shape index (κ3) is 5.19. The summed E-state index contributed by atoms with van der Waals surface area (Å²) in [5.74, 6) is -0.357. The van der Waals surface area contributed by atoms with Gasteiger partial charge in [0, 0.05) is 30.1 Å². The highest BCUT2D eigenvalue weighted by molar-refractivity contribution is 5.92. The molecule has 0 aliphatic carbocycles. The van der Waals surface area contributed by atoms with Gasteiger partial charge in [-0.1, -0.05) is 17.2 Å². The number of hydrogen-bond acceptors (Lipinski definition) is 4. The van der Waals surface area contributed by atoms with E-state index in [1.165, 1.54) is 18.2 Å². The van der Waals surface area contributed by atoms with Crippen molar-refractivity contribution in [3.8, 4) is 0 Å². The van der Waals surface area contributed by atoms with Crippen LogP contribution in [0.1, 0.15) is 12.0 Å². The van der Waals surface area contributed by atoms with Gasteiger partial charge in [-0.15, -0.1) is 0 Å². The summed E-state index contributed by atoms with van der Waals surface area (Å²) < 4.78 is 0. The van der Waals surface area contributed by atoms with E-state index in [4.69, 9.17) is 5.53 Å². The number of hydrogen-bond donors (Lipinski definition) is 1. The van der Waals surface area contributed by atoms with Crippen molar-refractivity contribution in [3.05, 3.63) is 56.5 Å². The minimum absolute atomic E-state index is 0.0556. The molecule has 0 radical (unpaired) electrons. The average molecular weight is 275 g/mol. The van der Waals surface area contributed by atoms with Crippen LogP contribution < -0.4 is 5.32 Å². The van der Waals surface area contributed by atoms with Gasteiger partial charge in [0.2, 0.25) is 5.91 Å². The normalized spacial score (nSPS) is 10.0. The van der Waals surface area contributed by atoms with Crippen LogP contribution in [0.15, 0.2) is 35.5 Å². The lowest BCUT2D eigenvalue weighted by atomic mass is 10.1. The molecule has 0 fully saturated rings. The van der Waals surface area contributed by atoms with E-state index >= 15 is 0 Å². The number of azide groups is 1. The molecule has 0 aliphatic heterocycles. The number of rotatable bonds is 7. The quantitative estimate of drug-likeness (QED) is 0.156. The van der Waals surface area contributed by atoms with Crippen LogP contribution in [0, 0.1) is 10.1 Å². The van der Waals surface area contributed by atoms with Gasteiger partial charge in [0.15, 0.2) is 0 Å². The molecule has 0 saturated carbocycles. The van der Waals surface area contributed by atoms with Crippen molar-refractivity contribution in [2.75, 3.05) is 13.1 Å². The van der Waals surface area contributed by atoms with E-state index in [9.17, 15) is 14.9 Å². The van der Waals surface area contributed by atoms with E-state index in [1.807, 2.05) is 0 Å². The van der Waals surface area contributed by atoms with Crippen LogP contribution in [0.5, 0.6) is 0 Å². The Morgan fingerprint density at radius 3 is 2.95 bits per heavy atom. The van der Waals surface area contributed by atoms with Gasteiger partial charge in [-0.3, -0.25) is 14.9 Å². The van der Waals surface area contributed by atoms with E-state index in [1.54, 1.807) is 18.2 Å². The van der Waals surface area contributed by atoms with E-state index in [2.05, 4.69) is 15.3 Å². The largest absolute Gasteiger partial charge is 0.353 e. The lowest BCUT2D eigenvalue weighted by molar-refractivity contribution is -0.385. The van der Waals surface area contributed by atoms with Crippen molar-refractivity contribution in [2.24, 2.45) is 5.11 Å². The number of amides is 1. The van der Waals surface area contributed by atoms with Gasteiger partial charge in [-0.2, -0.15) is 0 Å². The zero-order valence-corrected chi connectivity index (χ0v) is 10.6. The Morgan fingerprint density at radius 1 is 1.50 bits per heavy atom. The number of carbonyl (C=O) groups excluding carboxylic acids is 1. The summed E-state index contributed by atoms with van der Waals surface area (Å²) in [5, 5.41) is 16.7. The van der Waals surface area contributed by atoms with Crippen LogP contribution in [0.25, 0.3) is 16.5 Å². The molecule has 20 heavy (non-hydrogen) atoms. The first-order valence-corrected chi connectivity index (χ1v) is 5.85. The molecule has 1 rings (SSSR count). The summed E-state index contributed by atoms with van der Waals surface area (Å²) in [4.78, 5) is 24.3. The van der Waals surface area contributed by atoms with Crippen LogP contribution in [0.4, 0.5) is 5.69 Å². The summed E-state index contributed by atoms with van der Waals surface area (Å²) in [5.41, 5.74) is 8.37. The molecule has 0 spiro atoms. The minimum atomic E-state index is -0.503. The van der Waals surface area contributed by atoms with Crippen molar-refractivity contribution in [3.63, 3.8) is 0 Å². The molecule has 104 valence electrons. The SMILES string of the molecule is [N-]=[N+]=NCCCNC(=O)/C=C/c1ccccc1[N+](=O)[O-]. The third-order valence-electron chi connectivity index (χ3n) is 2.35. The average Bonchev–Trinajstić information content (AvgIpc) is 2.45. The standard InChI is InChI=1S/C12H13N5O3/c13-16-15-9-3-8-14-12(18)7-6-10-4-1-2-5-11(10)17(19)20/h1-2,4-7H,3,8-9H2,(H,14,18)/b7-6+. The second kappa shape index (κ2) is 8.28. The highest BCUT2D eigenvalue weighted by Crippen LogP contribution is 2.18. The highest BCUT2D eigenvalue weighted by Gasteiger charge is 2.09. The Kier molecular flexibility index (Phi) is 6.29. The number of benzene rings is 1. The second-order valence-corrected chi connectivity index (χ2v) is 3.75. The molecule has 8 nitrogen and oxygen atoms in total. The molecule has 1 aromatic rings. The van der Waals surface area contributed by atoms with Crippen molar-refractivity contribution < 1.29 is 9.72 Å². The minimum Gasteiger partial charge on any atom is -0.353 e. The number of nitrogens with zero attached hydrogens (tertiary/aromatic N) is 4. The Balaban J connectivity index is 2.53. The molecular formula is C12H13N5O3. The van der Waals surface area contributed by atoms with Crippen molar-refractivity contribution >= 4 is 17.7 Å². The smallest absolute Gasteiger partial charge is 0.276 e. The highest BCUT2D eigenvalue weighted by atomic mass is 16.6. The molecule has 8 heteroatoms. The molecule has 1 N–H and O–H groups in total. The number of nitro groups is 1. The van der Waals surface area contributed by atoms with Crippen molar-refractivity contribution in [1.29, 1.82) is 0 Å². The summed E-state index contributed by atoms with van der Waals surface area (Å²) in [6.07, 6.45) is 3.16. The maximum Gasteiger partial charge on any atom is 0.276 e. The second-order valence-electron chi connectivity index (χ2n) is 3.75. The van der Waals surface area contributed by atoms with Crippen molar-refractivity contribution in [2.45, 2.75) is 6.42 Å². The van der Waals surface area contributed by atoms with Gasteiger partial charge >= 0.3 is 0 Å². The molecule has 0 aromatic heterocycles. The molecule has 0 unspecified atom stereocenters. The van der Waals surface area contributed by atoms with Crippen LogP contribution >= 0.6 is 0 Å². The molecule has 0 aliphatic rings. The molecule has 0 saturated heterocycles. The third-order valence-corrected chi connectivity index (χ3v) is 2.35. The van der Waals surface area contributed by atoms with Crippen LogP contribution in [0.3, 0.4) is 0 Å². The summed E-state index contributed by atoms with van der Waals surface area (Å²) >= 11 is 0. The molecule has 1 aromatic carbocycles. The predicted molar refractivity (Wildman–Crippen MR) is 73.8 cm³/mol. The lowest BCUT2D eigenvalue weighted by Crippen LogP contribution is -2.22. The summed E-state index contributed by atoms with van der Waals surface area (Å²) in [6.45, 7) is 0.684. The van der Waals surface area contributed by atoms with Gasteiger partial charge < -0.3 is 5.32 Å². The molecule has 0 atom stereocenters. The first-order chi connectivity index (χ1) is 9.65. The van der Waals surface area contributed by atoms with E-state index in [0.29, 0.717) is 25.1 Å². The first kappa shape index (κ1) is 15.2. The topological polar surface area (TPSA) is 121 Å². The molecule has 0 bridgehead atoms. The molecular weight excluding hydrogens is 262 g/mol. The number of carbonyl (C=O) groups is 1. The van der Waals surface area contributed by atoms with E-state index in [-0.39, 0.29) is 11.6 Å². The fourth-order valence-corrected chi connectivity index (χ4v) is 1.43. The Morgan fingerprint density at radius 2 is 2.25 bits per heavy atom. The number of nitro benzene ring substituents is 1. The van der Waals surface area contributed by atoms with E-state index < -0.39 is 4.92 Å². The van der Waals surface area contributed by atoms with Gasteiger partial charge in [-0.05, 0) is 24.1 Å².